The smallest absolute Gasteiger partial charge is 0.241 e. The van der Waals surface area contributed by atoms with E-state index >= 15 is 0 Å². The van der Waals surface area contributed by atoms with Crippen LogP contribution in [0.4, 0.5) is 15.8 Å². The molecular weight excluding hydrogens is 711 g/mol. The lowest BCUT2D eigenvalue weighted by Crippen LogP contribution is -2.48. The summed E-state index contributed by atoms with van der Waals surface area (Å²) < 4.78 is 25.0. The van der Waals surface area contributed by atoms with Crippen LogP contribution in [0.5, 0.6) is 17.2 Å². The lowest BCUT2D eigenvalue weighted by molar-refractivity contribution is -0.131. The summed E-state index contributed by atoms with van der Waals surface area (Å²) in [5.74, 6) is -4.81. The SMILES string of the molecule is COc1ccc(OC)c(C=Cc2ccc(N3C(=O)[C@H]4[C@H](CC=C5[C@H]4C[C@H]4C(=O)N(c6ccc(F)c(Cl)c6)C(=O)[C@@]4(C)[C@H]5c4ccccc4O)C3=O)cc2)c1. The number of carbonyl (C=O) groups excluding carboxylic acids is 4. The van der Waals surface area contributed by atoms with Crippen molar-refractivity contribution in [3.63, 3.8) is 0 Å². The Labute approximate surface area is 316 Å². The number of halogens is 2. The third kappa shape index (κ3) is 5.34. The fraction of sp³-hybridized carbons (Fsp3) is 0.256. The molecule has 8 rings (SSSR count). The highest BCUT2D eigenvalue weighted by Gasteiger charge is 2.68. The fourth-order valence-electron chi connectivity index (χ4n) is 9.11. The molecule has 6 atom stereocenters. The molecule has 4 aromatic rings. The summed E-state index contributed by atoms with van der Waals surface area (Å²) in [5, 5.41) is 11.0. The zero-order chi connectivity index (χ0) is 38.1. The van der Waals surface area contributed by atoms with E-state index in [1.807, 2.05) is 48.6 Å². The molecule has 2 saturated heterocycles. The fourth-order valence-corrected chi connectivity index (χ4v) is 9.28. The number of hydrogen-bond acceptors (Lipinski definition) is 7. The van der Waals surface area contributed by atoms with Crippen LogP contribution in [0.1, 0.15) is 42.4 Å². The number of methoxy groups -OCH3 is 2. The van der Waals surface area contributed by atoms with Crippen molar-refractivity contribution in [1.82, 2.24) is 0 Å². The van der Waals surface area contributed by atoms with Gasteiger partial charge in [0, 0.05) is 17.0 Å². The average molecular weight is 747 g/mol. The lowest BCUT2D eigenvalue weighted by Gasteiger charge is -2.49. The molecule has 11 heteroatoms. The zero-order valence-corrected chi connectivity index (χ0v) is 30.4. The summed E-state index contributed by atoms with van der Waals surface area (Å²) in [7, 11) is 3.19. The highest BCUT2D eigenvalue weighted by atomic mass is 35.5. The molecule has 0 spiro atoms. The third-order valence-electron chi connectivity index (χ3n) is 11.7. The maximum Gasteiger partial charge on any atom is 0.241 e. The summed E-state index contributed by atoms with van der Waals surface area (Å²) in [6, 6.07) is 23.0. The number of ether oxygens (including phenoxy) is 2. The van der Waals surface area contributed by atoms with Crippen LogP contribution in [0.15, 0.2) is 96.6 Å². The summed E-state index contributed by atoms with van der Waals surface area (Å²) >= 11 is 6.09. The van der Waals surface area contributed by atoms with Crippen molar-refractivity contribution in [3.8, 4) is 17.2 Å². The van der Waals surface area contributed by atoms with E-state index in [0.29, 0.717) is 22.7 Å². The minimum Gasteiger partial charge on any atom is -0.508 e. The van der Waals surface area contributed by atoms with Crippen LogP contribution in [0.2, 0.25) is 5.02 Å². The Balaban J connectivity index is 1.13. The van der Waals surface area contributed by atoms with E-state index in [4.69, 9.17) is 21.1 Å². The van der Waals surface area contributed by atoms with Gasteiger partial charge >= 0.3 is 0 Å². The number of rotatable bonds is 7. The van der Waals surface area contributed by atoms with Gasteiger partial charge in [0.1, 0.15) is 23.1 Å². The summed E-state index contributed by atoms with van der Waals surface area (Å²) in [5.41, 5.74) is 2.04. The first-order chi connectivity index (χ1) is 26.0. The Morgan fingerprint density at radius 3 is 2.28 bits per heavy atom. The summed E-state index contributed by atoms with van der Waals surface area (Å²) in [4.78, 5) is 59.8. The van der Waals surface area contributed by atoms with Crippen LogP contribution >= 0.6 is 11.6 Å². The third-order valence-corrected chi connectivity index (χ3v) is 12.0. The van der Waals surface area contributed by atoms with Gasteiger partial charge in [0.25, 0.3) is 0 Å². The van der Waals surface area contributed by atoms with E-state index in [9.17, 15) is 28.7 Å². The quantitative estimate of drug-likeness (QED) is 0.117. The minimum absolute atomic E-state index is 0.0517. The number of hydrogen-bond donors (Lipinski definition) is 1. The Morgan fingerprint density at radius 1 is 0.833 bits per heavy atom. The largest absolute Gasteiger partial charge is 0.508 e. The predicted molar refractivity (Wildman–Crippen MR) is 202 cm³/mol. The van der Waals surface area contributed by atoms with Crippen molar-refractivity contribution in [1.29, 1.82) is 0 Å². The van der Waals surface area contributed by atoms with Crippen LogP contribution in [-0.2, 0) is 19.2 Å². The van der Waals surface area contributed by atoms with Gasteiger partial charge in [0.15, 0.2) is 0 Å². The molecule has 2 aliphatic heterocycles. The van der Waals surface area contributed by atoms with Crippen LogP contribution < -0.4 is 19.3 Å². The van der Waals surface area contributed by atoms with E-state index in [-0.39, 0.29) is 41.1 Å². The van der Waals surface area contributed by atoms with Gasteiger partial charge in [0.2, 0.25) is 23.6 Å². The number of phenolic OH excluding ortho intramolecular Hbond substituents is 1. The topological polar surface area (TPSA) is 113 Å². The van der Waals surface area contributed by atoms with Gasteiger partial charge < -0.3 is 14.6 Å². The number of anilines is 2. The van der Waals surface area contributed by atoms with Crippen LogP contribution in [0, 0.1) is 34.9 Å². The monoisotopic (exact) mass is 746 g/mol. The number of allylic oxidation sites excluding steroid dienone is 2. The molecule has 0 unspecified atom stereocenters. The Morgan fingerprint density at radius 2 is 1.57 bits per heavy atom. The molecule has 0 aromatic heterocycles. The number of imide groups is 2. The van der Waals surface area contributed by atoms with Crippen LogP contribution in [0.25, 0.3) is 12.2 Å². The van der Waals surface area contributed by atoms with E-state index < -0.39 is 52.6 Å². The number of amides is 4. The second-order valence-electron chi connectivity index (χ2n) is 14.4. The van der Waals surface area contributed by atoms with E-state index in [2.05, 4.69) is 0 Å². The molecule has 0 radical (unpaired) electrons. The molecule has 54 heavy (non-hydrogen) atoms. The molecule has 4 aromatic carbocycles. The molecule has 1 saturated carbocycles. The standard InChI is InChI=1S/C43H36ClFN2O7/c1-43-32(40(50)47(42(43)52)26-14-18-34(45)33(44)21-26)22-31-28(38(43)29-6-4-5-7-35(29)48)16-17-30-37(31)41(51)46(39(30)49)25-12-9-23(10-13-25)8-11-24-20-27(53-2)15-19-36(24)54-3/h4-16,18-21,30-32,37-38,48H,17,22H2,1-3H3/t30-,31+,32-,37-,38+,43+/m0/s1. The van der Waals surface area contributed by atoms with Gasteiger partial charge in [0.05, 0.1) is 53.8 Å². The number of fused-ring (bicyclic) bond motifs is 4. The molecule has 4 amide bonds. The average Bonchev–Trinajstić information content (AvgIpc) is 3.54. The number of benzene rings is 4. The van der Waals surface area contributed by atoms with E-state index in [1.165, 1.54) is 23.1 Å². The molecule has 1 N–H and O–H groups in total. The van der Waals surface area contributed by atoms with E-state index in [1.54, 1.807) is 51.5 Å². The number of aromatic hydroxyl groups is 1. The minimum atomic E-state index is -1.37. The molecule has 2 heterocycles. The Hall–Kier alpha value is -5.74. The second kappa shape index (κ2) is 13.3. The van der Waals surface area contributed by atoms with Crippen molar-refractivity contribution < 1.29 is 38.1 Å². The van der Waals surface area contributed by atoms with Gasteiger partial charge in [-0.3, -0.25) is 24.1 Å². The Kier molecular flexibility index (Phi) is 8.68. The van der Waals surface area contributed by atoms with Gasteiger partial charge in [-0.25, -0.2) is 9.29 Å². The first kappa shape index (κ1) is 35.3. The maximum absolute atomic E-state index is 14.5. The van der Waals surface area contributed by atoms with Gasteiger partial charge in [-0.15, -0.1) is 0 Å². The molecular formula is C43H36ClFN2O7. The number of phenols is 1. The molecule has 9 nitrogen and oxygen atoms in total. The Bertz CT molecular complexity index is 2310. The molecule has 0 bridgehead atoms. The van der Waals surface area contributed by atoms with Crippen molar-refractivity contribution >= 4 is 58.8 Å². The van der Waals surface area contributed by atoms with Crippen molar-refractivity contribution in [2.75, 3.05) is 24.0 Å². The number of para-hydroxylation sites is 1. The molecule has 274 valence electrons. The van der Waals surface area contributed by atoms with E-state index in [0.717, 1.165) is 27.7 Å². The normalized spacial score (nSPS) is 26.2. The van der Waals surface area contributed by atoms with Gasteiger partial charge in [-0.05, 0) is 85.8 Å². The van der Waals surface area contributed by atoms with Crippen molar-refractivity contribution in [3.05, 3.63) is 124 Å². The van der Waals surface area contributed by atoms with Gasteiger partial charge in [-0.1, -0.05) is 65.7 Å². The highest BCUT2D eigenvalue weighted by molar-refractivity contribution is 6.32. The number of carbonyl (C=O) groups is 4. The summed E-state index contributed by atoms with van der Waals surface area (Å²) in [6.45, 7) is 1.72. The van der Waals surface area contributed by atoms with Crippen molar-refractivity contribution in [2.24, 2.45) is 29.1 Å². The molecule has 3 fully saturated rings. The van der Waals surface area contributed by atoms with Crippen LogP contribution in [-0.4, -0.2) is 43.0 Å². The predicted octanol–water partition coefficient (Wildman–Crippen LogP) is 7.81. The molecule has 2 aliphatic carbocycles. The second-order valence-corrected chi connectivity index (χ2v) is 14.8. The van der Waals surface area contributed by atoms with Gasteiger partial charge in [-0.2, -0.15) is 0 Å². The number of nitrogens with zero attached hydrogens (tertiary/aromatic N) is 2. The summed E-state index contributed by atoms with van der Waals surface area (Å²) in [6.07, 6.45) is 6.10. The maximum atomic E-state index is 14.5. The van der Waals surface area contributed by atoms with Crippen LogP contribution in [0.3, 0.4) is 0 Å². The lowest BCUT2D eigenvalue weighted by atomic mass is 9.51. The highest BCUT2D eigenvalue weighted by Crippen LogP contribution is 2.64. The first-order valence-electron chi connectivity index (χ1n) is 17.7. The zero-order valence-electron chi connectivity index (χ0n) is 29.7. The first-order valence-corrected chi connectivity index (χ1v) is 18.0. The molecule has 4 aliphatic rings. The van der Waals surface area contributed by atoms with Crippen molar-refractivity contribution in [2.45, 2.75) is 25.7 Å².